The van der Waals surface area contributed by atoms with Gasteiger partial charge in [0.15, 0.2) is 7.41 Å². The van der Waals surface area contributed by atoms with Gasteiger partial charge in [0.1, 0.15) is 15.9 Å². The van der Waals surface area contributed by atoms with Crippen molar-refractivity contribution in [2.24, 2.45) is 0 Å². The molecular formula is C26H33NPS2+. The zero-order chi connectivity index (χ0) is 21.1. The van der Waals surface area contributed by atoms with Crippen molar-refractivity contribution in [3.05, 3.63) is 91.0 Å². The van der Waals surface area contributed by atoms with Crippen molar-refractivity contribution < 1.29 is 0 Å². The Hall–Kier alpha value is -1.25. The lowest BCUT2D eigenvalue weighted by molar-refractivity contribution is 0.517. The fourth-order valence-corrected chi connectivity index (χ4v) is 9.94. The maximum Gasteiger partial charge on any atom is 0.181 e. The van der Waals surface area contributed by atoms with Gasteiger partial charge in [-0.2, -0.15) is 28.2 Å². The largest absolute Gasteiger partial charge is 0.181 e. The van der Waals surface area contributed by atoms with Crippen LogP contribution < -0.4 is 15.9 Å². The molecule has 0 bridgehead atoms. The summed E-state index contributed by atoms with van der Waals surface area (Å²) >= 11 is 4.09. The molecule has 0 atom stereocenters. The van der Waals surface area contributed by atoms with E-state index in [-0.39, 0.29) is 0 Å². The van der Waals surface area contributed by atoms with E-state index in [0.717, 1.165) is 13.1 Å². The van der Waals surface area contributed by atoms with Crippen LogP contribution in [0.3, 0.4) is 0 Å². The molecule has 0 N–H and O–H groups in total. The maximum atomic E-state index is 2.83. The number of nitrogens with zero attached hydrogens (tertiary/aromatic N) is 1. The number of benzene rings is 3. The summed E-state index contributed by atoms with van der Waals surface area (Å²) in [7, 11) is -1.94. The maximum absolute atomic E-state index is 2.83. The minimum Gasteiger partial charge on any atom is -0.164 e. The van der Waals surface area contributed by atoms with E-state index in [2.05, 4.69) is 110 Å². The Morgan fingerprint density at radius 1 is 0.567 bits per heavy atom. The summed E-state index contributed by atoms with van der Waals surface area (Å²) in [6.07, 6.45) is 0. The highest BCUT2D eigenvalue weighted by atomic mass is 32.2. The summed E-state index contributed by atoms with van der Waals surface area (Å²) in [5.41, 5.74) is 0. The van der Waals surface area contributed by atoms with E-state index >= 15 is 0 Å². The molecule has 0 amide bonds. The van der Waals surface area contributed by atoms with Crippen LogP contribution >= 0.6 is 30.9 Å². The molecule has 0 aromatic heterocycles. The molecule has 0 spiro atoms. The van der Waals surface area contributed by atoms with Crippen LogP contribution in [0.4, 0.5) is 0 Å². The first-order chi connectivity index (χ1) is 14.8. The molecule has 4 heteroatoms. The van der Waals surface area contributed by atoms with Crippen LogP contribution in [0.5, 0.6) is 0 Å². The van der Waals surface area contributed by atoms with Crippen LogP contribution in [0.2, 0.25) is 0 Å². The summed E-state index contributed by atoms with van der Waals surface area (Å²) in [6.45, 7) is 6.73. The van der Waals surface area contributed by atoms with Crippen LogP contribution in [0.25, 0.3) is 0 Å². The lowest BCUT2D eigenvalue weighted by Gasteiger charge is -2.37. The first-order valence-corrected chi connectivity index (χ1v) is 14.9. The molecule has 0 radical (unpaired) electrons. The van der Waals surface area contributed by atoms with E-state index in [4.69, 9.17) is 0 Å². The molecule has 3 rings (SSSR count). The molecule has 158 valence electrons. The van der Waals surface area contributed by atoms with Gasteiger partial charge in [-0.05, 0) is 47.9 Å². The molecule has 3 aromatic carbocycles. The predicted molar refractivity (Wildman–Crippen MR) is 143 cm³/mol. The van der Waals surface area contributed by atoms with E-state index in [9.17, 15) is 0 Å². The van der Waals surface area contributed by atoms with Crippen molar-refractivity contribution in [1.82, 2.24) is 4.67 Å². The molecule has 1 nitrogen and oxygen atoms in total. The smallest absolute Gasteiger partial charge is 0.164 e. The summed E-state index contributed by atoms with van der Waals surface area (Å²) < 4.78 is 2.83. The summed E-state index contributed by atoms with van der Waals surface area (Å²) in [5.74, 6) is 4.68. The summed E-state index contributed by atoms with van der Waals surface area (Å²) in [4.78, 5) is 0. The standard InChI is InChI=1S/C26H33NPS2/c1-3-29-22-20-27(21-23-30-4-2)28(24-14-8-5-9-15-24,25-16-10-6-11-17-25)26-18-12-7-13-19-26/h5-19H,3-4,20-23H2,1-2H3/q+1. The third-order valence-electron chi connectivity index (χ3n) is 5.21. The van der Waals surface area contributed by atoms with Gasteiger partial charge < -0.3 is 0 Å². The highest BCUT2D eigenvalue weighted by Crippen LogP contribution is 2.58. The van der Waals surface area contributed by atoms with Crippen molar-refractivity contribution in [2.75, 3.05) is 36.1 Å². The van der Waals surface area contributed by atoms with E-state index in [1.807, 2.05) is 23.5 Å². The Morgan fingerprint density at radius 2 is 0.900 bits per heavy atom. The van der Waals surface area contributed by atoms with Crippen molar-refractivity contribution in [1.29, 1.82) is 0 Å². The van der Waals surface area contributed by atoms with Crippen LogP contribution in [0, 0.1) is 0 Å². The van der Waals surface area contributed by atoms with E-state index in [0.29, 0.717) is 0 Å². The summed E-state index contributed by atoms with van der Waals surface area (Å²) in [5, 5.41) is 4.35. The lowest BCUT2D eigenvalue weighted by atomic mass is 10.4. The topological polar surface area (TPSA) is 3.24 Å². The van der Waals surface area contributed by atoms with Gasteiger partial charge in [0, 0.05) is 24.6 Å². The molecule has 3 aromatic rings. The van der Waals surface area contributed by atoms with E-state index < -0.39 is 7.41 Å². The second-order valence-corrected chi connectivity index (χ2v) is 13.2. The van der Waals surface area contributed by atoms with Crippen LogP contribution in [-0.4, -0.2) is 40.8 Å². The van der Waals surface area contributed by atoms with Crippen LogP contribution in [-0.2, 0) is 0 Å². The normalized spacial score (nSPS) is 11.7. The quantitative estimate of drug-likeness (QED) is 0.255. The third-order valence-corrected chi connectivity index (χ3v) is 11.4. The van der Waals surface area contributed by atoms with Gasteiger partial charge in [0.05, 0.1) is 0 Å². The second-order valence-electron chi connectivity index (χ2n) is 6.99. The van der Waals surface area contributed by atoms with Crippen molar-refractivity contribution in [3.8, 4) is 0 Å². The Labute approximate surface area is 192 Å². The third kappa shape index (κ3) is 5.51. The minimum atomic E-state index is -1.94. The monoisotopic (exact) mass is 454 g/mol. The van der Waals surface area contributed by atoms with Gasteiger partial charge in [0.25, 0.3) is 0 Å². The highest BCUT2D eigenvalue weighted by molar-refractivity contribution is 7.99. The molecule has 0 aliphatic heterocycles. The molecule has 0 saturated heterocycles. The minimum absolute atomic E-state index is 1.11. The number of hydrogen-bond donors (Lipinski definition) is 0. The molecule has 0 fully saturated rings. The molecule has 0 aliphatic carbocycles. The lowest BCUT2D eigenvalue weighted by Crippen LogP contribution is -2.45. The van der Waals surface area contributed by atoms with E-state index in [1.54, 1.807) is 0 Å². The number of thioether (sulfide) groups is 2. The predicted octanol–water partition coefficient (Wildman–Crippen LogP) is 5.70. The van der Waals surface area contributed by atoms with Gasteiger partial charge in [-0.15, -0.1) is 0 Å². The zero-order valence-corrected chi connectivity index (χ0v) is 20.6. The van der Waals surface area contributed by atoms with Gasteiger partial charge in [0.2, 0.25) is 0 Å². The fourth-order valence-electron chi connectivity index (χ4n) is 3.91. The Balaban J connectivity index is 2.21. The van der Waals surface area contributed by atoms with Gasteiger partial charge >= 0.3 is 0 Å². The molecule has 0 aliphatic rings. The number of rotatable bonds is 12. The number of hydrogen-bond acceptors (Lipinski definition) is 3. The Kier molecular flexibility index (Phi) is 9.81. The average Bonchev–Trinajstić information content (AvgIpc) is 2.82. The SMILES string of the molecule is CCSCCN(CCSCC)[P+](c1ccccc1)(c1ccccc1)c1ccccc1. The highest BCUT2D eigenvalue weighted by Gasteiger charge is 2.51. The molecule has 30 heavy (non-hydrogen) atoms. The first kappa shape index (κ1) is 23.4. The Morgan fingerprint density at radius 3 is 1.20 bits per heavy atom. The first-order valence-electron chi connectivity index (χ1n) is 10.8. The second kappa shape index (κ2) is 12.6. The fraction of sp³-hybridized carbons (Fsp3) is 0.308. The molecule has 0 heterocycles. The van der Waals surface area contributed by atoms with Gasteiger partial charge in [-0.25, -0.2) is 0 Å². The van der Waals surface area contributed by atoms with Gasteiger partial charge in [-0.3, -0.25) is 0 Å². The van der Waals surface area contributed by atoms with Crippen molar-refractivity contribution >= 4 is 46.9 Å². The van der Waals surface area contributed by atoms with Crippen LogP contribution in [0.15, 0.2) is 91.0 Å². The van der Waals surface area contributed by atoms with Crippen molar-refractivity contribution in [3.63, 3.8) is 0 Å². The Bertz CT molecular complexity index is 736. The van der Waals surface area contributed by atoms with Crippen LogP contribution in [0.1, 0.15) is 13.8 Å². The van der Waals surface area contributed by atoms with Gasteiger partial charge in [-0.1, -0.05) is 68.4 Å². The van der Waals surface area contributed by atoms with Crippen molar-refractivity contribution in [2.45, 2.75) is 13.8 Å². The molecule has 0 saturated carbocycles. The molecular weight excluding hydrogens is 421 g/mol. The summed E-state index contributed by atoms with van der Waals surface area (Å²) in [6, 6.07) is 33.7. The van der Waals surface area contributed by atoms with E-state index in [1.165, 1.54) is 38.9 Å². The average molecular weight is 455 g/mol. The molecule has 0 unspecified atom stereocenters. The zero-order valence-electron chi connectivity index (χ0n) is 18.1.